The molecule has 4 aliphatic carbocycles. The SMILES string of the molecule is CS(C)(C)c1ccc(CNC23CC4CC(CC(C4)C2)C3)nc1. The Kier molecular flexibility index (Phi) is 3.58. The third-order valence-electron chi connectivity index (χ3n) is 6.19. The third-order valence-corrected chi connectivity index (χ3v) is 7.84. The van der Waals surface area contributed by atoms with E-state index in [2.05, 4.69) is 42.4 Å². The summed E-state index contributed by atoms with van der Waals surface area (Å²) < 4.78 is 0. The lowest BCUT2D eigenvalue weighted by atomic mass is 9.53. The van der Waals surface area contributed by atoms with Crippen LogP contribution in [0.3, 0.4) is 0 Å². The van der Waals surface area contributed by atoms with Crippen LogP contribution in [-0.4, -0.2) is 29.3 Å². The second kappa shape index (κ2) is 5.24. The highest BCUT2D eigenvalue weighted by Gasteiger charge is 2.50. The number of hydrogen-bond donors (Lipinski definition) is 1. The Morgan fingerprint density at radius 2 is 1.64 bits per heavy atom. The van der Waals surface area contributed by atoms with Crippen LogP contribution in [-0.2, 0) is 6.54 Å². The summed E-state index contributed by atoms with van der Waals surface area (Å²) in [5, 5.41) is 3.95. The molecule has 0 radical (unpaired) electrons. The normalized spacial score (nSPS) is 37.5. The zero-order chi connectivity index (χ0) is 15.4. The predicted molar refractivity (Wildman–Crippen MR) is 95.6 cm³/mol. The van der Waals surface area contributed by atoms with Crippen molar-refractivity contribution in [1.29, 1.82) is 0 Å². The first-order valence-electron chi connectivity index (χ1n) is 8.80. The molecule has 3 heteroatoms. The Bertz CT molecular complexity index is 508. The van der Waals surface area contributed by atoms with Crippen LogP contribution in [0.2, 0.25) is 0 Å². The number of pyridine rings is 1. The fourth-order valence-electron chi connectivity index (χ4n) is 5.48. The van der Waals surface area contributed by atoms with Crippen LogP contribution >= 0.6 is 10.0 Å². The number of nitrogens with one attached hydrogen (secondary N) is 1. The molecule has 0 saturated heterocycles. The van der Waals surface area contributed by atoms with E-state index >= 15 is 0 Å². The topological polar surface area (TPSA) is 24.9 Å². The van der Waals surface area contributed by atoms with E-state index in [9.17, 15) is 0 Å². The Morgan fingerprint density at radius 1 is 1.05 bits per heavy atom. The van der Waals surface area contributed by atoms with E-state index in [-0.39, 0.29) is 0 Å². The molecule has 4 aliphatic rings. The quantitative estimate of drug-likeness (QED) is 0.900. The Morgan fingerprint density at radius 3 is 2.09 bits per heavy atom. The minimum Gasteiger partial charge on any atom is -0.306 e. The van der Waals surface area contributed by atoms with E-state index < -0.39 is 10.0 Å². The second-order valence-corrected chi connectivity index (χ2v) is 13.0. The maximum Gasteiger partial charge on any atom is 0.0542 e. The summed E-state index contributed by atoms with van der Waals surface area (Å²) in [4.78, 5) is 6.13. The molecule has 0 aromatic carbocycles. The molecule has 4 fully saturated rings. The van der Waals surface area contributed by atoms with Crippen molar-refractivity contribution in [2.24, 2.45) is 17.8 Å². The summed E-state index contributed by atoms with van der Waals surface area (Å²) in [6.45, 7) is 0.950. The van der Waals surface area contributed by atoms with Gasteiger partial charge in [-0.05, 0) is 87.2 Å². The van der Waals surface area contributed by atoms with Gasteiger partial charge in [0, 0.05) is 23.2 Å². The van der Waals surface area contributed by atoms with Crippen molar-refractivity contribution in [2.45, 2.75) is 55.5 Å². The van der Waals surface area contributed by atoms with E-state index in [1.54, 1.807) is 0 Å². The minimum atomic E-state index is -0.654. The molecule has 0 atom stereocenters. The standard InChI is InChI=1S/C19H30N2S/c1-22(2,3)18-5-4-17(20-13-18)12-21-19-9-14-6-15(10-19)8-16(7-14)11-19/h4-5,13-16,21H,6-12H2,1-3H3. The van der Waals surface area contributed by atoms with E-state index in [0.717, 1.165) is 24.3 Å². The molecule has 1 aromatic rings. The Labute approximate surface area is 136 Å². The largest absolute Gasteiger partial charge is 0.306 e. The fourth-order valence-corrected chi connectivity index (χ4v) is 6.33. The summed E-state index contributed by atoms with van der Waals surface area (Å²) in [7, 11) is -0.654. The van der Waals surface area contributed by atoms with Gasteiger partial charge in [0.2, 0.25) is 0 Å². The summed E-state index contributed by atoms with van der Waals surface area (Å²) in [5.74, 6) is 3.04. The molecule has 0 unspecified atom stereocenters. The molecule has 122 valence electrons. The van der Waals surface area contributed by atoms with Gasteiger partial charge in [-0.3, -0.25) is 4.98 Å². The summed E-state index contributed by atoms with van der Waals surface area (Å²) in [6, 6.07) is 4.53. The van der Waals surface area contributed by atoms with Crippen molar-refractivity contribution in [3.8, 4) is 0 Å². The number of aromatic nitrogens is 1. The lowest BCUT2D eigenvalue weighted by Crippen LogP contribution is -2.58. The van der Waals surface area contributed by atoms with Gasteiger partial charge in [-0.25, -0.2) is 10.0 Å². The van der Waals surface area contributed by atoms with Gasteiger partial charge in [0.15, 0.2) is 0 Å². The lowest BCUT2D eigenvalue weighted by molar-refractivity contribution is -0.0207. The number of rotatable bonds is 4. The Hall–Kier alpha value is -0.540. The monoisotopic (exact) mass is 318 g/mol. The highest BCUT2D eigenvalue weighted by molar-refractivity contribution is 8.32. The first-order chi connectivity index (χ1) is 10.4. The summed E-state index contributed by atoms with van der Waals surface area (Å²) >= 11 is 0. The van der Waals surface area contributed by atoms with Crippen LogP contribution in [0.5, 0.6) is 0 Å². The summed E-state index contributed by atoms with van der Waals surface area (Å²) in [6.07, 6.45) is 17.9. The highest BCUT2D eigenvalue weighted by atomic mass is 32.3. The van der Waals surface area contributed by atoms with Gasteiger partial charge in [-0.15, -0.1) is 0 Å². The lowest BCUT2D eigenvalue weighted by Gasteiger charge is -2.57. The molecule has 5 rings (SSSR count). The molecule has 0 aliphatic heterocycles. The number of nitrogens with zero attached hydrogens (tertiary/aromatic N) is 1. The van der Waals surface area contributed by atoms with Crippen molar-refractivity contribution in [1.82, 2.24) is 10.3 Å². The molecule has 1 N–H and O–H groups in total. The van der Waals surface area contributed by atoms with E-state index in [1.807, 2.05) is 0 Å². The Balaban J connectivity index is 1.42. The molecule has 1 heterocycles. The minimum absolute atomic E-state index is 0.449. The molecule has 1 aromatic heterocycles. The van der Waals surface area contributed by atoms with Crippen molar-refractivity contribution < 1.29 is 0 Å². The first kappa shape index (κ1) is 15.0. The third kappa shape index (κ3) is 2.82. The predicted octanol–water partition coefficient (Wildman–Crippen LogP) is 4.19. The van der Waals surface area contributed by atoms with Crippen LogP contribution in [0.25, 0.3) is 0 Å². The van der Waals surface area contributed by atoms with Crippen LogP contribution in [0.1, 0.15) is 44.2 Å². The molecular formula is C19H30N2S. The van der Waals surface area contributed by atoms with Crippen LogP contribution < -0.4 is 5.32 Å². The van der Waals surface area contributed by atoms with Crippen molar-refractivity contribution >= 4 is 10.0 Å². The maximum absolute atomic E-state index is 4.72. The molecule has 4 bridgehead atoms. The van der Waals surface area contributed by atoms with E-state index in [4.69, 9.17) is 4.98 Å². The van der Waals surface area contributed by atoms with E-state index in [1.165, 1.54) is 49.1 Å². The van der Waals surface area contributed by atoms with Crippen molar-refractivity contribution in [2.75, 3.05) is 18.8 Å². The zero-order valence-corrected chi connectivity index (χ0v) is 15.1. The van der Waals surface area contributed by atoms with Crippen LogP contribution in [0.15, 0.2) is 23.2 Å². The summed E-state index contributed by atoms with van der Waals surface area (Å²) in [5.41, 5.74) is 1.66. The molecule has 0 spiro atoms. The highest BCUT2D eigenvalue weighted by Crippen LogP contribution is 2.55. The van der Waals surface area contributed by atoms with Gasteiger partial charge >= 0.3 is 0 Å². The molecular weight excluding hydrogens is 288 g/mol. The van der Waals surface area contributed by atoms with Crippen LogP contribution in [0.4, 0.5) is 0 Å². The van der Waals surface area contributed by atoms with Gasteiger partial charge in [0.1, 0.15) is 0 Å². The van der Waals surface area contributed by atoms with Gasteiger partial charge in [0.05, 0.1) is 5.69 Å². The molecule has 22 heavy (non-hydrogen) atoms. The zero-order valence-electron chi connectivity index (χ0n) is 14.3. The molecule has 4 saturated carbocycles. The maximum atomic E-state index is 4.72. The molecule has 0 amide bonds. The van der Waals surface area contributed by atoms with Crippen molar-refractivity contribution in [3.05, 3.63) is 24.0 Å². The smallest absolute Gasteiger partial charge is 0.0542 e. The van der Waals surface area contributed by atoms with Gasteiger partial charge in [-0.2, -0.15) is 0 Å². The van der Waals surface area contributed by atoms with Gasteiger partial charge in [-0.1, -0.05) is 0 Å². The van der Waals surface area contributed by atoms with Crippen molar-refractivity contribution in [3.63, 3.8) is 0 Å². The van der Waals surface area contributed by atoms with E-state index in [0.29, 0.717) is 5.54 Å². The second-order valence-electron chi connectivity index (χ2n) is 8.87. The fraction of sp³-hybridized carbons (Fsp3) is 0.737. The van der Waals surface area contributed by atoms with Gasteiger partial charge in [0.25, 0.3) is 0 Å². The number of hydrogen-bond acceptors (Lipinski definition) is 2. The average Bonchev–Trinajstić information content (AvgIpc) is 2.43. The van der Waals surface area contributed by atoms with Gasteiger partial charge < -0.3 is 5.32 Å². The average molecular weight is 319 g/mol. The van der Waals surface area contributed by atoms with Crippen LogP contribution in [0, 0.1) is 17.8 Å². The molecule has 2 nitrogen and oxygen atoms in total. The first-order valence-corrected chi connectivity index (χ1v) is 11.7.